The van der Waals surface area contributed by atoms with Gasteiger partial charge in [0.15, 0.2) is 0 Å². The van der Waals surface area contributed by atoms with E-state index in [1.165, 1.54) is 0 Å². The number of nitrogens with zero attached hydrogens (tertiary/aromatic N) is 1. The predicted octanol–water partition coefficient (Wildman–Crippen LogP) is 1.29. The summed E-state index contributed by atoms with van der Waals surface area (Å²) >= 11 is 0. The van der Waals surface area contributed by atoms with Crippen LogP contribution in [0.2, 0.25) is 0 Å². The summed E-state index contributed by atoms with van der Waals surface area (Å²) in [6.45, 7) is 5.67. The van der Waals surface area contributed by atoms with Crippen LogP contribution < -0.4 is 10.6 Å². The molecule has 100 valence electrons. The lowest BCUT2D eigenvalue weighted by Crippen LogP contribution is -2.48. The molecule has 1 heterocycles. The van der Waals surface area contributed by atoms with Gasteiger partial charge in [-0.2, -0.15) is 0 Å². The van der Waals surface area contributed by atoms with E-state index in [-0.39, 0.29) is 24.9 Å². The summed E-state index contributed by atoms with van der Waals surface area (Å²) < 4.78 is 5.64. The Morgan fingerprint density at radius 3 is 2.61 bits per heavy atom. The number of rotatable bonds is 3. The molecule has 1 aliphatic rings. The van der Waals surface area contributed by atoms with Gasteiger partial charge in [0.2, 0.25) is 0 Å². The summed E-state index contributed by atoms with van der Waals surface area (Å²) in [6, 6.07) is 8.37. The first-order valence-electron chi connectivity index (χ1n) is 6.47. The summed E-state index contributed by atoms with van der Waals surface area (Å²) in [5.74, 6) is 0. The van der Waals surface area contributed by atoms with Crippen LogP contribution in [-0.4, -0.2) is 37.0 Å². The average Bonchev–Trinajstić information content (AvgIpc) is 2.38. The molecule has 4 nitrogen and oxygen atoms in total. The van der Waals surface area contributed by atoms with Gasteiger partial charge in [0, 0.05) is 24.8 Å². The number of morpholine rings is 1. The Hall–Kier alpha value is -1.10. The van der Waals surface area contributed by atoms with Gasteiger partial charge in [-0.05, 0) is 31.5 Å². The smallest absolute Gasteiger partial charge is 0.0984 e. The Labute approximate surface area is 108 Å². The minimum atomic E-state index is -0.0955. The lowest BCUT2D eigenvalue weighted by Gasteiger charge is -2.37. The molecule has 0 amide bonds. The largest absolute Gasteiger partial charge is 0.394 e. The third kappa shape index (κ3) is 3.02. The molecule has 0 aromatic heterocycles. The molecule has 3 N–H and O–H groups in total. The molecule has 1 aliphatic heterocycles. The molecule has 3 atom stereocenters. The number of hydrogen-bond acceptors (Lipinski definition) is 4. The number of nitrogens with two attached hydrogens (primary N) is 1. The molecule has 2 rings (SSSR count). The highest BCUT2D eigenvalue weighted by atomic mass is 16.5. The van der Waals surface area contributed by atoms with E-state index in [0.717, 1.165) is 24.3 Å². The second-order valence-electron chi connectivity index (χ2n) is 5.04. The quantitative estimate of drug-likeness (QED) is 0.849. The molecule has 0 saturated carbocycles. The van der Waals surface area contributed by atoms with Gasteiger partial charge in [0.1, 0.15) is 0 Å². The van der Waals surface area contributed by atoms with Crippen molar-refractivity contribution in [3.05, 3.63) is 29.8 Å². The van der Waals surface area contributed by atoms with Crippen LogP contribution in [-0.2, 0) is 4.74 Å². The maximum atomic E-state index is 9.22. The topological polar surface area (TPSA) is 58.7 Å². The fourth-order valence-corrected chi connectivity index (χ4v) is 2.35. The molecule has 0 radical (unpaired) electrons. The van der Waals surface area contributed by atoms with Gasteiger partial charge in [0.25, 0.3) is 0 Å². The fraction of sp³-hybridized carbons (Fsp3) is 0.571. The minimum Gasteiger partial charge on any atom is -0.394 e. The van der Waals surface area contributed by atoms with Crippen LogP contribution in [0.5, 0.6) is 0 Å². The first kappa shape index (κ1) is 13.3. The fourth-order valence-electron chi connectivity index (χ4n) is 2.35. The summed E-state index contributed by atoms with van der Waals surface area (Å²) in [5.41, 5.74) is 8.14. The first-order chi connectivity index (χ1) is 8.60. The van der Waals surface area contributed by atoms with Crippen molar-refractivity contribution in [2.24, 2.45) is 5.73 Å². The van der Waals surface area contributed by atoms with Crippen molar-refractivity contribution < 1.29 is 9.84 Å². The van der Waals surface area contributed by atoms with Crippen LogP contribution in [0, 0.1) is 0 Å². The zero-order valence-electron chi connectivity index (χ0n) is 11.0. The highest BCUT2D eigenvalue weighted by molar-refractivity contribution is 5.48. The van der Waals surface area contributed by atoms with Crippen molar-refractivity contribution in [2.75, 3.05) is 24.6 Å². The van der Waals surface area contributed by atoms with E-state index in [9.17, 15) is 5.11 Å². The van der Waals surface area contributed by atoms with Crippen molar-refractivity contribution in [1.82, 2.24) is 0 Å². The van der Waals surface area contributed by atoms with Crippen LogP contribution in [0.1, 0.15) is 25.5 Å². The molecule has 0 aliphatic carbocycles. The Kier molecular flexibility index (Phi) is 4.22. The molecular formula is C14H22N2O2. The van der Waals surface area contributed by atoms with Crippen LogP contribution in [0.25, 0.3) is 0 Å². The van der Waals surface area contributed by atoms with E-state index < -0.39 is 0 Å². The van der Waals surface area contributed by atoms with E-state index in [1.807, 2.05) is 13.8 Å². The standard InChI is InChI=1S/C14H22N2O2/c1-10-7-16(8-14(9-17)18-10)13-5-3-12(4-6-13)11(2)15/h3-6,10-11,14,17H,7-9,15H2,1-2H3. The van der Waals surface area contributed by atoms with Gasteiger partial charge in [0.05, 0.1) is 18.8 Å². The normalized spacial score (nSPS) is 26.1. The highest BCUT2D eigenvalue weighted by Gasteiger charge is 2.24. The summed E-state index contributed by atoms with van der Waals surface area (Å²) in [4.78, 5) is 2.25. The summed E-state index contributed by atoms with van der Waals surface area (Å²) in [5, 5.41) is 9.22. The van der Waals surface area contributed by atoms with Crippen LogP contribution in [0.3, 0.4) is 0 Å². The molecule has 0 spiro atoms. The van der Waals surface area contributed by atoms with E-state index in [0.29, 0.717) is 0 Å². The van der Waals surface area contributed by atoms with Crippen molar-refractivity contribution in [2.45, 2.75) is 32.1 Å². The molecule has 18 heavy (non-hydrogen) atoms. The molecule has 0 bridgehead atoms. The Morgan fingerprint density at radius 2 is 2.06 bits per heavy atom. The van der Waals surface area contributed by atoms with Gasteiger partial charge in [-0.15, -0.1) is 0 Å². The zero-order valence-corrected chi connectivity index (χ0v) is 11.0. The summed E-state index contributed by atoms with van der Waals surface area (Å²) in [7, 11) is 0. The van der Waals surface area contributed by atoms with Gasteiger partial charge >= 0.3 is 0 Å². The van der Waals surface area contributed by atoms with Gasteiger partial charge in [-0.25, -0.2) is 0 Å². The number of aliphatic hydroxyl groups excluding tert-OH is 1. The highest BCUT2D eigenvalue weighted by Crippen LogP contribution is 2.22. The van der Waals surface area contributed by atoms with Crippen molar-refractivity contribution in [1.29, 1.82) is 0 Å². The molecule has 3 unspecified atom stereocenters. The van der Waals surface area contributed by atoms with Crippen LogP contribution in [0.15, 0.2) is 24.3 Å². The third-order valence-corrected chi connectivity index (χ3v) is 3.31. The van der Waals surface area contributed by atoms with Crippen molar-refractivity contribution in [3.8, 4) is 0 Å². The Balaban J connectivity index is 2.10. The molecular weight excluding hydrogens is 228 g/mol. The maximum Gasteiger partial charge on any atom is 0.0984 e. The monoisotopic (exact) mass is 250 g/mol. The Bertz CT molecular complexity index is 378. The van der Waals surface area contributed by atoms with E-state index in [4.69, 9.17) is 10.5 Å². The third-order valence-electron chi connectivity index (χ3n) is 3.31. The van der Waals surface area contributed by atoms with Gasteiger partial charge in [-0.3, -0.25) is 0 Å². The lowest BCUT2D eigenvalue weighted by molar-refractivity contribution is -0.0421. The number of ether oxygens (including phenoxy) is 1. The molecule has 1 fully saturated rings. The van der Waals surface area contributed by atoms with E-state index in [2.05, 4.69) is 29.2 Å². The van der Waals surface area contributed by atoms with Gasteiger partial charge < -0.3 is 20.5 Å². The van der Waals surface area contributed by atoms with E-state index in [1.54, 1.807) is 0 Å². The summed E-state index contributed by atoms with van der Waals surface area (Å²) in [6.07, 6.45) is 0.0471. The van der Waals surface area contributed by atoms with Gasteiger partial charge in [-0.1, -0.05) is 12.1 Å². The van der Waals surface area contributed by atoms with Crippen LogP contribution >= 0.6 is 0 Å². The maximum absolute atomic E-state index is 9.22. The SMILES string of the molecule is CC1CN(c2ccc(C(C)N)cc2)CC(CO)O1. The molecule has 4 heteroatoms. The first-order valence-corrected chi connectivity index (χ1v) is 6.47. The second-order valence-corrected chi connectivity index (χ2v) is 5.04. The number of anilines is 1. The molecule has 1 saturated heterocycles. The Morgan fingerprint density at radius 1 is 1.39 bits per heavy atom. The van der Waals surface area contributed by atoms with Crippen molar-refractivity contribution >= 4 is 5.69 Å². The lowest BCUT2D eigenvalue weighted by atomic mass is 10.1. The molecule has 1 aromatic carbocycles. The number of aliphatic hydroxyl groups is 1. The van der Waals surface area contributed by atoms with Crippen LogP contribution in [0.4, 0.5) is 5.69 Å². The minimum absolute atomic E-state index is 0.0628. The number of benzene rings is 1. The number of hydrogen-bond donors (Lipinski definition) is 2. The van der Waals surface area contributed by atoms with Crippen molar-refractivity contribution in [3.63, 3.8) is 0 Å². The zero-order chi connectivity index (χ0) is 13.1. The second kappa shape index (κ2) is 5.69. The predicted molar refractivity (Wildman–Crippen MR) is 72.7 cm³/mol. The average molecular weight is 250 g/mol. The van der Waals surface area contributed by atoms with E-state index >= 15 is 0 Å². The molecule has 1 aromatic rings.